The first-order chi connectivity index (χ1) is 9.15. The number of hydrogen-bond acceptors (Lipinski definition) is 3. The van der Waals surface area contributed by atoms with Crippen LogP contribution >= 0.6 is 0 Å². The quantitative estimate of drug-likeness (QED) is 0.787. The summed E-state index contributed by atoms with van der Waals surface area (Å²) < 4.78 is 6.85. The fourth-order valence-corrected chi connectivity index (χ4v) is 1.96. The van der Waals surface area contributed by atoms with Gasteiger partial charge in [-0.2, -0.15) is 0 Å². The Labute approximate surface area is 111 Å². The van der Waals surface area contributed by atoms with Crippen molar-refractivity contribution >= 4 is 6.29 Å². The Morgan fingerprint density at radius 3 is 2.79 bits per heavy atom. The van der Waals surface area contributed by atoms with Gasteiger partial charge in [-0.25, -0.2) is 0 Å². The molecule has 1 heterocycles. The second-order valence-corrected chi connectivity index (χ2v) is 4.31. The predicted octanol–water partition coefficient (Wildman–Crippen LogP) is 2.03. The zero-order chi connectivity index (χ0) is 13.8. The molecule has 2 rings (SSSR count). The molecule has 0 saturated heterocycles. The van der Waals surface area contributed by atoms with E-state index in [0.717, 1.165) is 11.8 Å². The molecule has 0 unspecified atom stereocenters. The molecule has 0 aliphatic heterocycles. The minimum atomic E-state index is -0.0407. The van der Waals surface area contributed by atoms with E-state index in [9.17, 15) is 9.59 Å². The molecule has 0 radical (unpaired) electrons. The first-order valence-corrected chi connectivity index (χ1v) is 5.94. The highest BCUT2D eigenvalue weighted by Gasteiger charge is 2.07. The van der Waals surface area contributed by atoms with Gasteiger partial charge >= 0.3 is 0 Å². The van der Waals surface area contributed by atoms with Gasteiger partial charge in [-0.3, -0.25) is 9.59 Å². The number of aromatic nitrogens is 1. The van der Waals surface area contributed by atoms with Crippen LogP contribution in [0.2, 0.25) is 0 Å². The maximum atomic E-state index is 12.0. The van der Waals surface area contributed by atoms with Crippen LogP contribution in [-0.2, 0) is 6.54 Å². The van der Waals surface area contributed by atoms with Crippen LogP contribution in [0.4, 0.5) is 0 Å². The summed E-state index contributed by atoms with van der Waals surface area (Å²) in [4.78, 5) is 22.8. The molecule has 0 aliphatic carbocycles. The zero-order valence-electron chi connectivity index (χ0n) is 10.9. The molecule has 0 amide bonds. The molecule has 1 aromatic heterocycles. The van der Waals surface area contributed by atoms with Gasteiger partial charge in [0.15, 0.2) is 0 Å². The third kappa shape index (κ3) is 2.73. The third-order valence-corrected chi connectivity index (χ3v) is 2.99. The number of carbonyl (C=O) groups is 1. The molecule has 0 fully saturated rings. The summed E-state index contributed by atoms with van der Waals surface area (Å²) in [5.74, 6) is 0.666. The highest BCUT2D eigenvalue weighted by Crippen LogP contribution is 2.20. The van der Waals surface area contributed by atoms with Crippen molar-refractivity contribution in [3.8, 4) is 5.75 Å². The molecule has 19 heavy (non-hydrogen) atoms. The van der Waals surface area contributed by atoms with Crippen LogP contribution in [-0.4, -0.2) is 18.0 Å². The summed E-state index contributed by atoms with van der Waals surface area (Å²) in [5, 5.41) is 0. The van der Waals surface area contributed by atoms with Crippen LogP contribution in [0.5, 0.6) is 5.75 Å². The lowest BCUT2D eigenvalue weighted by molar-refractivity contribution is 0.112. The van der Waals surface area contributed by atoms with Gasteiger partial charge in [0.1, 0.15) is 12.0 Å². The van der Waals surface area contributed by atoms with E-state index in [4.69, 9.17) is 4.74 Å². The number of hydrogen-bond donors (Lipinski definition) is 0. The molecule has 0 saturated carbocycles. The Balaban J connectivity index is 2.44. The van der Waals surface area contributed by atoms with E-state index in [0.29, 0.717) is 23.4 Å². The molecule has 2 aromatic rings. The smallest absolute Gasteiger partial charge is 0.253 e. The summed E-state index contributed by atoms with van der Waals surface area (Å²) in [6.45, 7) is 2.16. The summed E-state index contributed by atoms with van der Waals surface area (Å²) in [5.41, 5.74) is 2.02. The molecular formula is C15H15NO3. The Morgan fingerprint density at radius 2 is 2.11 bits per heavy atom. The standard InChI is InChI=1S/C15H15NO3/c1-11-4-3-7-16(15(11)18)9-13-8-12(10-17)5-6-14(13)19-2/h3-8,10H,9H2,1-2H3. The number of carbonyl (C=O) groups excluding carboxylic acids is 1. The van der Waals surface area contributed by atoms with Gasteiger partial charge in [0.2, 0.25) is 0 Å². The molecule has 0 aliphatic rings. The van der Waals surface area contributed by atoms with Gasteiger partial charge < -0.3 is 9.30 Å². The fourth-order valence-electron chi connectivity index (χ4n) is 1.96. The van der Waals surface area contributed by atoms with E-state index >= 15 is 0 Å². The largest absolute Gasteiger partial charge is 0.496 e. The molecule has 1 aromatic carbocycles. The topological polar surface area (TPSA) is 48.3 Å². The van der Waals surface area contributed by atoms with E-state index in [1.165, 1.54) is 0 Å². The predicted molar refractivity (Wildman–Crippen MR) is 72.9 cm³/mol. The highest BCUT2D eigenvalue weighted by atomic mass is 16.5. The summed E-state index contributed by atoms with van der Waals surface area (Å²) in [6.07, 6.45) is 2.50. The normalized spacial score (nSPS) is 10.2. The number of rotatable bonds is 4. The number of aryl methyl sites for hydroxylation is 1. The Bertz CT molecular complexity index is 659. The average Bonchev–Trinajstić information content (AvgIpc) is 2.43. The molecule has 0 bridgehead atoms. The third-order valence-electron chi connectivity index (χ3n) is 2.99. The average molecular weight is 257 g/mol. The number of nitrogens with zero attached hydrogens (tertiary/aromatic N) is 1. The first-order valence-electron chi connectivity index (χ1n) is 5.94. The molecular weight excluding hydrogens is 242 g/mol. The van der Waals surface area contributed by atoms with Crippen LogP contribution in [0.15, 0.2) is 41.3 Å². The number of methoxy groups -OCH3 is 1. The van der Waals surface area contributed by atoms with Crippen LogP contribution in [0, 0.1) is 6.92 Å². The zero-order valence-corrected chi connectivity index (χ0v) is 10.9. The maximum Gasteiger partial charge on any atom is 0.253 e. The summed E-state index contributed by atoms with van der Waals surface area (Å²) in [6, 6.07) is 8.76. The van der Waals surface area contributed by atoms with E-state index in [-0.39, 0.29) is 5.56 Å². The monoisotopic (exact) mass is 257 g/mol. The molecule has 98 valence electrons. The van der Waals surface area contributed by atoms with Gasteiger partial charge in [0.25, 0.3) is 5.56 Å². The molecule has 0 N–H and O–H groups in total. The summed E-state index contributed by atoms with van der Waals surface area (Å²) >= 11 is 0. The van der Waals surface area contributed by atoms with Crippen molar-refractivity contribution in [1.29, 1.82) is 0 Å². The maximum absolute atomic E-state index is 12.0. The Hall–Kier alpha value is -2.36. The van der Waals surface area contributed by atoms with Gasteiger partial charge in [-0.1, -0.05) is 6.07 Å². The summed E-state index contributed by atoms with van der Waals surface area (Å²) in [7, 11) is 1.57. The lowest BCUT2D eigenvalue weighted by Crippen LogP contribution is -2.21. The second-order valence-electron chi connectivity index (χ2n) is 4.31. The fraction of sp³-hybridized carbons (Fsp3) is 0.200. The lowest BCUT2D eigenvalue weighted by atomic mass is 10.1. The van der Waals surface area contributed by atoms with E-state index < -0.39 is 0 Å². The number of ether oxygens (including phenoxy) is 1. The second kappa shape index (κ2) is 5.52. The Morgan fingerprint density at radius 1 is 1.32 bits per heavy atom. The van der Waals surface area contributed by atoms with Gasteiger partial charge in [-0.05, 0) is 31.2 Å². The van der Waals surface area contributed by atoms with Crippen LogP contribution in [0.25, 0.3) is 0 Å². The SMILES string of the molecule is COc1ccc(C=O)cc1Cn1cccc(C)c1=O. The first kappa shape index (κ1) is 13.1. The molecule has 4 nitrogen and oxygen atoms in total. The molecule has 4 heteroatoms. The molecule has 0 atom stereocenters. The number of pyridine rings is 1. The van der Waals surface area contributed by atoms with Crippen molar-refractivity contribution in [2.75, 3.05) is 7.11 Å². The van der Waals surface area contributed by atoms with Crippen LogP contribution < -0.4 is 10.3 Å². The highest BCUT2D eigenvalue weighted by molar-refractivity contribution is 5.75. The van der Waals surface area contributed by atoms with Crippen molar-refractivity contribution < 1.29 is 9.53 Å². The van der Waals surface area contributed by atoms with Gasteiger partial charge in [-0.15, -0.1) is 0 Å². The van der Waals surface area contributed by atoms with E-state index in [1.54, 1.807) is 49.1 Å². The van der Waals surface area contributed by atoms with Crippen LogP contribution in [0.1, 0.15) is 21.5 Å². The Kier molecular flexibility index (Phi) is 3.80. The van der Waals surface area contributed by atoms with E-state index in [1.807, 2.05) is 6.07 Å². The van der Waals surface area contributed by atoms with Crippen molar-refractivity contribution in [2.45, 2.75) is 13.5 Å². The van der Waals surface area contributed by atoms with E-state index in [2.05, 4.69) is 0 Å². The molecule has 0 spiro atoms. The van der Waals surface area contributed by atoms with Gasteiger partial charge in [0.05, 0.1) is 13.7 Å². The van der Waals surface area contributed by atoms with Crippen LogP contribution in [0.3, 0.4) is 0 Å². The number of aldehydes is 1. The van der Waals surface area contributed by atoms with Crippen molar-refractivity contribution in [1.82, 2.24) is 4.57 Å². The van der Waals surface area contributed by atoms with Crippen molar-refractivity contribution in [3.63, 3.8) is 0 Å². The minimum Gasteiger partial charge on any atom is -0.496 e. The number of benzene rings is 1. The van der Waals surface area contributed by atoms with Gasteiger partial charge in [0, 0.05) is 22.9 Å². The lowest BCUT2D eigenvalue weighted by Gasteiger charge is -2.11. The van der Waals surface area contributed by atoms with Crippen molar-refractivity contribution in [3.05, 3.63) is 63.6 Å². The van der Waals surface area contributed by atoms with Crippen molar-refractivity contribution in [2.24, 2.45) is 0 Å². The minimum absolute atomic E-state index is 0.0407.